The molecular formula is C32H42BrN5O4. The average molecular weight is 641 g/mol. The van der Waals surface area contributed by atoms with Gasteiger partial charge in [-0.25, -0.2) is 9.59 Å². The summed E-state index contributed by atoms with van der Waals surface area (Å²) >= 11 is 3.59. The van der Waals surface area contributed by atoms with E-state index in [-0.39, 0.29) is 18.0 Å². The van der Waals surface area contributed by atoms with Gasteiger partial charge in [0.15, 0.2) is 6.10 Å². The molecule has 3 heterocycles. The summed E-state index contributed by atoms with van der Waals surface area (Å²) in [5, 5.41) is 3.05. The van der Waals surface area contributed by atoms with E-state index in [1.165, 1.54) is 0 Å². The van der Waals surface area contributed by atoms with Crippen LogP contribution in [-0.4, -0.2) is 103 Å². The Kier molecular flexibility index (Phi) is 9.73. The molecule has 9 nitrogen and oxygen atoms in total. The Morgan fingerprint density at radius 3 is 2.38 bits per heavy atom. The van der Waals surface area contributed by atoms with Crippen molar-refractivity contribution in [1.82, 2.24) is 19.6 Å². The first-order valence-electron chi connectivity index (χ1n) is 15.0. The fourth-order valence-corrected chi connectivity index (χ4v) is 6.68. The van der Waals surface area contributed by atoms with Crippen LogP contribution in [0.25, 0.3) is 0 Å². The number of likely N-dealkylation sites (tertiary alicyclic amines) is 2. The van der Waals surface area contributed by atoms with Crippen LogP contribution in [0.5, 0.6) is 0 Å². The maximum absolute atomic E-state index is 13.7. The van der Waals surface area contributed by atoms with Crippen molar-refractivity contribution >= 4 is 39.6 Å². The van der Waals surface area contributed by atoms with Crippen molar-refractivity contribution in [2.75, 3.05) is 52.1 Å². The van der Waals surface area contributed by atoms with E-state index in [0.717, 1.165) is 46.1 Å². The smallest absolute Gasteiger partial charge is 0.410 e. The number of ether oxygens (including phenoxy) is 1. The van der Waals surface area contributed by atoms with Gasteiger partial charge in [-0.05, 0) is 81.9 Å². The van der Waals surface area contributed by atoms with Crippen LogP contribution < -0.4 is 5.32 Å². The summed E-state index contributed by atoms with van der Waals surface area (Å²) in [4.78, 5) is 47.8. The molecule has 3 aliphatic heterocycles. The average Bonchev–Trinajstić information content (AvgIpc) is 3.16. The Bertz CT molecular complexity index is 1290. The monoisotopic (exact) mass is 639 g/mol. The van der Waals surface area contributed by atoms with E-state index in [1.54, 1.807) is 4.90 Å². The minimum absolute atomic E-state index is 0.0451. The van der Waals surface area contributed by atoms with Crippen LogP contribution in [0.2, 0.25) is 0 Å². The van der Waals surface area contributed by atoms with E-state index in [1.807, 2.05) is 53.1 Å². The largest absolute Gasteiger partial charge is 0.436 e. The van der Waals surface area contributed by atoms with Crippen LogP contribution in [-0.2, 0) is 22.4 Å². The standard InChI is InChI=1S/C32H42BrN5O4/c1-22-8-9-23(20-27(22)33)21-29(30(39)36-15-11-25(12-16-36)35(2)3)42-32(41)37-17-13-26(14-18-37)38-19-10-24-6-4-5-7-28(24)34-31(38)40/h4-9,20,25-26,29H,10-19,21H2,1-3H3,(H,34,40). The van der Waals surface area contributed by atoms with E-state index < -0.39 is 12.2 Å². The lowest BCUT2D eigenvalue weighted by Crippen LogP contribution is -2.52. The van der Waals surface area contributed by atoms with Gasteiger partial charge in [0.1, 0.15) is 0 Å². The summed E-state index contributed by atoms with van der Waals surface area (Å²) in [6, 6.07) is 14.3. The predicted molar refractivity (Wildman–Crippen MR) is 167 cm³/mol. The van der Waals surface area contributed by atoms with E-state index in [9.17, 15) is 14.4 Å². The molecule has 2 saturated heterocycles. The van der Waals surface area contributed by atoms with Gasteiger partial charge in [0.25, 0.3) is 5.91 Å². The number of nitrogens with one attached hydrogen (secondary N) is 1. The van der Waals surface area contributed by atoms with Crippen LogP contribution >= 0.6 is 15.9 Å². The zero-order chi connectivity index (χ0) is 29.8. The molecule has 0 bridgehead atoms. The van der Waals surface area contributed by atoms with Crippen LogP contribution in [0.15, 0.2) is 46.9 Å². The van der Waals surface area contributed by atoms with Crippen molar-refractivity contribution in [2.24, 2.45) is 0 Å². The number of aryl methyl sites for hydroxylation is 1. The Hall–Kier alpha value is -3.11. The number of nitrogens with zero attached hydrogens (tertiary/aromatic N) is 4. The number of hydrogen-bond acceptors (Lipinski definition) is 5. The number of rotatable bonds is 6. The number of carbonyl (C=O) groups is 3. The number of fused-ring (bicyclic) bond motifs is 1. The molecule has 42 heavy (non-hydrogen) atoms. The molecule has 2 aromatic rings. The molecule has 0 saturated carbocycles. The van der Waals surface area contributed by atoms with Crippen molar-refractivity contribution in [2.45, 2.75) is 63.6 Å². The van der Waals surface area contributed by atoms with E-state index in [2.05, 4.69) is 46.3 Å². The first-order valence-corrected chi connectivity index (χ1v) is 15.8. The SMILES string of the molecule is Cc1ccc(CC(OC(=O)N2CCC(N3CCc4ccccc4NC3=O)CC2)C(=O)N2CCC(N(C)C)CC2)cc1Br. The molecule has 1 atom stereocenters. The minimum atomic E-state index is -0.893. The molecular weight excluding hydrogens is 598 g/mol. The number of hydrogen-bond donors (Lipinski definition) is 1. The molecule has 0 aliphatic carbocycles. The van der Waals surface area contributed by atoms with Gasteiger partial charge >= 0.3 is 12.1 Å². The topological polar surface area (TPSA) is 85.4 Å². The number of anilines is 1. The molecule has 226 valence electrons. The Balaban J connectivity index is 1.21. The first kappa shape index (κ1) is 30.4. The van der Waals surface area contributed by atoms with Crippen molar-refractivity contribution in [1.29, 1.82) is 0 Å². The first-order chi connectivity index (χ1) is 20.2. The van der Waals surface area contributed by atoms with Crippen LogP contribution in [0.1, 0.15) is 42.4 Å². The quantitative estimate of drug-likeness (QED) is 0.485. The van der Waals surface area contributed by atoms with Crippen molar-refractivity contribution in [3.63, 3.8) is 0 Å². The highest BCUT2D eigenvalue weighted by Gasteiger charge is 2.35. The number of piperidine rings is 2. The van der Waals surface area contributed by atoms with Gasteiger partial charge in [-0.1, -0.05) is 46.3 Å². The third-order valence-electron chi connectivity index (χ3n) is 8.99. The molecule has 0 spiro atoms. The van der Waals surface area contributed by atoms with E-state index in [4.69, 9.17) is 4.74 Å². The molecule has 3 aliphatic rings. The molecule has 1 unspecified atom stereocenters. The van der Waals surface area contributed by atoms with Gasteiger partial charge < -0.3 is 29.7 Å². The number of halogens is 1. The zero-order valence-corrected chi connectivity index (χ0v) is 26.4. The molecule has 5 rings (SSSR count). The summed E-state index contributed by atoms with van der Waals surface area (Å²) in [6.45, 7) is 4.92. The second kappa shape index (κ2) is 13.5. The normalized spacial score (nSPS) is 19.3. The van der Waals surface area contributed by atoms with Crippen LogP contribution in [0.3, 0.4) is 0 Å². The highest BCUT2D eigenvalue weighted by atomic mass is 79.9. The second-order valence-corrected chi connectivity index (χ2v) is 12.8. The van der Waals surface area contributed by atoms with E-state index in [0.29, 0.717) is 58.0 Å². The second-order valence-electron chi connectivity index (χ2n) is 11.9. The van der Waals surface area contributed by atoms with Crippen molar-refractivity contribution < 1.29 is 19.1 Å². The van der Waals surface area contributed by atoms with Crippen molar-refractivity contribution in [3.05, 3.63) is 63.6 Å². The molecule has 0 radical (unpaired) electrons. The third kappa shape index (κ3) is 7.09. The van der Waals surface area contributed by atoms with Gasteiger partial charge in [-0.2, -0.15) is 0 Å². The van der Waals surface area contributed by atoms with Gasteiger partial charge in [-0.15, -0.1) is 0 Å². The van der Waals surface area contributed by atoms with Gasteiger partial charge in [0.2, 0.25) is 0 Å². The molecule has 0 aromatic heterocycles. The lowest BCUT2D eigenvalue weighted by atomic mass is 10.0. The van der Waals surface area contributed by atoms with Gasteiger partial charge in [0.05, 0.1) is 0 Å². The molecule has 10 heteroatoms. The summed E-state index contributed by atoms with van der Waals surface area (Å²) < 4.78 is 6.96. The number of para-hydroxylation sites is 1. The summed E-state index contributed by atoms with van der Waals surface area (Å²) in [6.07, 6.45) is 2.89. The number of urea groups is 1. The fraction of sp³-hybridized carbons (Fsp3) is 0.531. The molecule has 2 aromatic carbocycles. The molecule has 4 amide bonds. The summed E-state index contributed by atoms with van der Waals surface area (Å²) in [5.74, 6) is -0.132. The van der Waals surface area contributed by atoms with Crippen LogP contribution in [0, 0.1) is 6.92 Å². The lowest BCUT2D eigenvalue weighted by molar-refractivity contribution is -0.142. The zero-order valence-electron chi connectivity index (χ0n) is 24.9. The Morgan fingerprint density at radius 2 is 1.69 bits per heavy atom. The fourth-order valence-electron chi connectivity index (χ4n) is 6.26. The minimum Gasteiger partial charge on any atom is -0.436 e. The maximum Gasteiger partial charge on any atom is 0.410 e. The number of amides is 4. The number of carbonyl (C=O) groups excluding carboxylic acids is 3. The molecule has 1 N–H and O–H groups in total. The summed E-state index contributed by atoms with van der Waals surface area (Å²) in [5.41, 5.74) is 4.05. The Morgan fingerprint density at radius 1 is 1.00 bits per heavy atom. The third-order valence-corrected chi connectivity index (χ3v) is 9.84. The summed E-state index contributed by atoms with van der Waals surface area (Å²) in [7, 11) is 4.15. The molecule has 2 fully saturated rings. The lowest BCUT2D eigenvalue weighted by Gasteiger charge is -2.38. The Labute approximate surface area is 257 Å². The maximum atomic E-state index is 13.7. The highest BCUT2D eigenvalue weighted by Crippen LogP contribution is 2.26. The highest BCUT2D eigenvalue weighted by molar-refractivity contribution is 9.10. The number of benzene rings is 2. The van der Waals surface area contributed by atoms with Crippen molar-refractivity contribution in [3.8, 4) is 0 Å². The van der Waals surface area contributed by atoms with Gasteiger partial charge in [-0.3, -0.25) is 4.79 Å². The predicted octanol–water partition coefficient (Wildman–Crippen LogP) is 4.91. The van der Waals surface area contributed by atoms with Gasteiger partial charge in [0, 0.05) is 61.4 Å². The van der Waals surface area contributed by atoms with Crippen LogP contribution in [0.4, 0.5) is 15.3 Å². The van der Waals surface area contributed by atoms with E-state index >= 15 is 0 Å².